The molecule has 0 atom stereocenters. The van der Waals surface area contributed by atoms with Gasteiger partial charge in [-0.05, 0) is 81.6 Å². The summed E-state index contributed by atoms with van der Waals surface area (Å²) < 4.78 is 0. The Morgan fingerprint density at radius 2 is 0.933 bits per heavy atom. The highest BCUT2D eigenvalue weighted by Gasteiger charge is 2.16. The number of rotatable bonds is 5. The van der Waals surface area contributed by atoms with Crippen molar-refractivity contribution >= 4 is 21.5 Å². The molecule has 0 aliphatic carbocycles. The SMILES string of the molecule is Cc1ccc(-c2cc(-c3nc(-c4ccccc4)cc(-c4ccccc4)n3)cc(-c3c4ccccc4cc4ccccc34)c2)cn1. The fourth-order valence-corrected chi connectivity index (χ4v) is 6.12. The predicted octanol–water partition coefficient (Wildman–Crippen LogP) is 10.8. The second-order valence-electron chi connectivity index (χ2n) is 11.4. The van der Waals surface area contributed by atoms with Gasteiger partial charge in [0.15, 0.2) is 5.82 Å². The van der Waals surface area contributed by atoms with Gasteiger partial charge in [0.2, 0.25) is 0 Å². The molecule has 8 aromatic rings. The molecule has 212 valence electrons. The molecule has 0 saturated carbocycles. The van der Waals surface area contributed by atoms with E-state index < -0.39 is 0 Å². The molecule has 2 aromatic heterocycles. The van der Waals surface area contributed by atoms with Crippen molar-refractivity contribution in [3.05, 3.63) is 164 Å². The molecule has 0 amide bonds. The van der Waals surface area contributed by atoms with Crippen LogP contribution < -0.4 is 0 Å². The van der Waals surface area contributed by atoms with Gasteiger partial charge < -0.3 is 0 Å². The van der Waals surface area contributed by atoms with Crippen LogP contribution in [0.15, 0.2) is 158 Å². The Labute approximate surface area is 262 Å². The maximum absolute atomic E-state index is 5.18. The van der Waals surface area contributed by atoms with Crippen molar-refractivity contribution in [1.29, 1.82) is 0 Å². The minimum absolute atomic E-state index is 0.683. The lowest BCUT2D eigenvalue weighted by Gasteiger charge is -2.16. The first-order valence-corrected chi connectivity index (χ1v) is 15.2. The molecule has 0 fully saturated rings. The molecule has 45 heavy (non-hydrogen) atoms. The van der Waals surface area contributed by atoms with Gasteiger partial charge in [0.1, 0.15) is 0 Å². The molecule has 3 heteroatoms. The zero-order valence-corrected chi connectivity index (χ0v) is 24.9. The van der Waals surface area contributed by atoms with Crippen LogP contribution in [-0.2, 0) is 0 Å². The van der Waals surface area contributed by atoms with Crippen LogP contribution in [0.3, 0.4) is 0 Å². The lowest BCUT2D eigenvalue weighted by atomic mass is 9.89. The first-order chi connectivity index (χ1) is 22.2. The summed E-state index contributed by atoms with van der Waals surface area (Å²) >= 11 is 0. The van der Waals surface area contributed by atoms with Gasteiger partial charge in [-0.25, -0.2) is 9.97 Å². The largest absolute Gasteiger partial charge is 0.261 e. The van der Waals surface area contributed by atoms with E-state index in [2.05, 4.69) is 120 Å². The molecule has 2 heterocycles. The van der Waals surface area contributed by atoms with Crippen molar-refractivity contribution < 1.29 is 0 Å². The molecule has 0 aliphatic rings. The van der Waals surface area contributed by atoms with Gasteiger partial charge in [0.25, 0.3) is 0 Å². The first-order valence-electron chi connectivity index (χ1n) is 15.2. The summed E-state index contributed by atoms with van der Waals surface area (Å²) in [5, 5.41) is 4.85. The Morgan fingerprint density at radius 3 is 1.51 bits per heavy atom. The third kappa shape index (κ3) is 5.15. The maximum Gasteiger partial charge on any atom is 0.160 e. The number of pyridine rings is 1. The number of hydrogen-bond donors (Lipinski definition) is 0. The summed E-state index contributed by atoms with van der Waals surface area (Å²) in [6.45, 7) is 2.02. The summed E-state index contributed by atoms with van der Waals surface area (Å²) in [6, 6.07) is 53.2. The number of hydrogen-bond acceptors (Lipinski definition) is 3. The average molecular weight is 576 g/mol. The van der Waals surface area contributed by atoms with E-state index in [9.17, 15) is 0 Å². The van der Waals surface area contributed by atoms with Crippen molar-refractivity contribution in [3.8, 4) is 56.2 Å². The Morgan fingerprint density at radius 1 is 0.400 bits per heavy atom. The highest BCUT2D eigenvalue weighted by molar-refractivity contribution is 6.13. The Balaban J connectivity index is 1.43. The number of benzene rings is 6. The second kappa shape index (κ2) is 11.3. The van der Waals surface area contributed by atoms with Crippen molar-refractivity contribution in [1.82, 2.24) is 15.0 Å². The van der Waals surface area contributed by atoms with Gasteiger partial charge in [-0.2, -0.15) is 0 Å². The van der Waals surface area contributed by atoms with Crippen LogP contribution in [0.1, 0.15) is 5.69 Å². The molecular weight excluding hydrogens is 546 g/mol. The highest BCUT2D eigenvalue weighted by Crippen LogP contribution is 2.40. The molecule has 0 bridgehead atoms. The third-order valence-corrected chi connectivity index (χ3v) is 8.36. The van der Waals surface area contributed by atoms with E-state index in [-0.39, 0.29) is 0 Å². The summed E-state index contributed by atoms with van der Waals surface area (Å²) in [5.41, 5.74) is 10.3. The topological polar surface area (TPSA) is 38.7 Å². The molecule has 0 unspecified atom stereocenters. The van der Waals surface area contributed by atoms with Gasteiger partial charge >= 0.3 is 0 Å². The third-order valence-electron chi connectivity index (χ3n) is 8.36. The van der Waals surface area contributed by atoms with Crippen LogP contribution in [0.4, 0.5) is 0 Å². The van der Waals surface area contributed by atoms with Crippen LogP contribution in [0.2, 0.25) is 0 Å². The van der Waals surface area contributed by atoms with Gasteiger partial charge in [-0.3, -0.25) is 4.98 Å². The average Bonchev–Trinajstić information content (AvgIpc) is 3.11. The standard InChI is InChI=1S/C42H29N3/c1-28-20-21-33(27-43-28)34-23-35(41-37-18-10-8-16-31(37)22-32-17-9-11-19-38(32)41)25-36(24-34)42-44-39(29-12-4-2-5-13-29)26-40(45-42)30-14-6-3-7-15-30/h2-27H,1H3. The first kappa shape index (κ1) is 26.7. The van der Waals surface area contributed by atoms with Gasteiger partial charge in [0, 0.05) is 34.1 Å². The fraction of sp³-hybridized carbons (Fsp3) is 0.0238. The quantitative estimate of drug-likeness (QED) is 0.192. The monoisotopic (exact) mass is 575 g/mol. The highest BCUT2D eigenvalue weighted by atomic mass is 14.9. The van der Waals surface area contributed by atoms with Crippen LogP contribution in [0, 0.1) is 6.92 Å². The van der Waals surface area contributed by atoms with Crippen molar-refractivity contribution in [2.45, 2.75) is 6.92 Å². The van der Waals surface area contributed by atoms with Crippen LogP contribution in [0.5, 0.6) is 0 Å². The van der Waals surface area contributed by atoms with Crippen molar-refractivity contribution in [3.63, 3.8) is 0 Å². The zero-order chi connectivity index (χ0) is 30.2. The summed E-state index contributed by atoms with van der Waals surface area (Å²) in [5.74, 6) is 0.683. The van der Waals surface area contributed by atoms with E-state index in [0.717, 1.165) is 50.5 Å². The van der Waals surface area contributed by atoms with E-state index in [1.54, 1.807) is 0 Å². The fourth-order valence-electron chi connectivity index (χ4n) is 6.12. The molecule has 0 saturated heterocycles. The summed E-state index contributed by atoms with van der Waals surface area (Å²) in [6.07, 6.45) is 1.95. The minimum Gasteiger partial charge on any atom is -0.261 e. The Kier molecular flexibility index (Phi) is 6.69. The zero-order valence-electron chi connectivity index (χ0n) is 24.9. The van der Waals surface area contributed by atoms with Gasteiger partial charge in [-0.1, -0.05) is 115 Å². The van der Waals surface area contributed by atoms with Crippen LogP contribution in [-0.4, -0.2) is 15.0 Å². The molecule has 6 aromatic carbocycles. The van der Waals surface area contributed by atoms with Crippen LogP contribution in [0.25, 0.3) is 77.7 Å². The van der Waals surface area contributed by atoms with Crippen molar-refractivity contribution in [2.75, 3.05) is 0 Å². The van der Waals surface area contributed by atoms with Gasteiger partial charge in [0.05, 0.1) is 11.4 Å². The summed E-state index contributed by atoms with van der Waals surface area (Å²) in [4.78, 5) is 15.0. The van der Waals surface area contributed by atoms with E-state index in [1.165, 1.54) is 27.1 Å². The number of aryl methyl sites for hydroxylation is 1. The molecule has 0 aliphatic heterocycles. The molecule has 3 nitrogen and oxygen atoms in total. The van der Waals surface area contributed by atoms with E-state index in [1.807, 2.05) is 49.5 Å². The lowest BCUT2D eigenvalue weighted by molar-refractivity contribution is 1.18. The predicted molar refractivity (Wildman–Crippen MR) is 187 cm³/mol. The van der Waals surface area contributed by atoms with Gasteiger partial charge in [-0.15, -0.1) is 0 Å². The minimum atomic E-state index is 0.683. The molecular formula is C42H29N3. The lowest BCUT2D eigenvalue weighted by Crippen LogP contribution is -1.97. The van der Waals surface area contributed by atoms with Crippen LogP contribution >= 0.6 is 0 Å². The summed E-state index contributed by atoms with van der Waals surface area (Å²) in [7, 11) is 0. The normalized spacial score (nSPS) is 11.2. The second-order valence-corrected chi connectivity index (χ2v) is 11.4. The number of nitrogens with zero attached hydrogens (tertiary/aromatic N) is 3. The smallest absolute Gasteiger partial charge is 0.160 e. The number of aromatic nitrogens is 3. The Bertz CT molecular complexity index is 2200. The Hall–Kier alpha value is -5.93. The molecule has 0 radical (unpaired) electrons. The number of fused-ring (bicyclic) bond motifs is 2. The molecule has 0 N–H and O–H groups in total. The van der Waals surface area contributed by atoms with E-state index in [0.29, 0.717) is 5.82 Å². The maximum atomic E-state index is 5.18. The van der Waals surface area contributed by atoms with E-state index in [4.69, 9.17) is 9.97 Å². The molecule has 8 rings (SSSR count). The van der Waals surface area contributed by atoms with Crippen molar-refractivity contribution in [2.24, 2.45) is 0 Å². The van der Waals surface area contributed by atoms with E-state index >= 15 is 0 Å². The molecule has 0 spiro atoms.